The Balaban J connectivity index is 1.43. The van der Waals surface area contributed by atoms with Crippen LogP contribution in [-0.2, 0) is 4.79 Å². The number of urea groups is 1. The van der Waals surface area contributed by atoms with E-state index in [4.69, 9.17) is 5.10 Å². The monoisotopic (exact) mass is 429 g/mol. The van der Waals surface area contributed by atoms with Gasteiger partial charge in [0, 0.05) is 30.1 Å². The van der Waals surface area contributed by atoms with E-state index in [1.165, 1.54) is 47.9 Å². The smallest absolute Gasteiger partial charge is 0.317 e. The molecule has 0 bridgehead atoms. The first-order valence-corrected chi connectivity index (χ1v) is 12.2. The zero-order valence-corrected chi connectivity index (χ0v) is 18.5. The number of thiophene rings is 1. The van der Waals surface area contributed by atoms with Gasteiger partial charge in [0.1, 0.15) is 9.83 Å². The maximum atomic E-state index is 12.0. The van der Waals surface area contributed by atoms with E-state index < -0.39 is 0 Å². The topological polar surface area (TPSA) is 79.3 Å². The summed E-state index contributed by atoms with van der Waals surface area (Å²) in [6.07, 6.45) is 11.2. The van der Waals surface area contributed by atoms with Crippen LogP contribution in [0, 0.1) is 6.92 Å². The molecule has 2 saturated carbocycles. The number of hydrogen-bond acceptors (Lipinski definition) is 4. The van der Waals surface area contributed by atoms with E-state index in [1.807, 2.05) is 4.90 Å². The third kappa shape index (κ3) is 3.39. The fourth-order valence-electron chi connectivity index (χ4n) is 5.84. The van der Waals surface area contributed by atoms with E-state index in [9.17, 15) is 9.59 Å². The van der Waals surface area contributed by atoms with Gasteiger partial charge in [0.15, 0.2) is 0 Å². The summed E-state index contributed by atoms with van der Waals surface area (Å²) in [6, 6.07) is 0.810. The Morgan fingerprint density at radius 1 is 1.10 bits per heavy atom. The van der Waals surface area contributed by atoms with Crippen molar-refractivity contribution in [3.63, 3.8) is 0 Å². The number of nitrogens with one attached hydrogen (secondary N) is 2. The fraction of sp³-hybridized carbons (Fsp3) is 0.682. The lowest BCUT2D eigenvalue weighted by atomic mass is 9.83. The normalized spacial score (nSPS) is 25.6. The number of aromatic nitrogens is 2. The Hall–Kier alpha value is -2.09. The van der Waals surface area contributed by atoms with Crippen molar-refractivity contribution >= 4 is 39.0 Å². The molecule has 1 aliphatic heterocycles. The summed E-state index contributed by atoms with van der Waals surface area (Å²) in [5.41, 5.74) is 2.41. The standard InChI is InChI=1S/C22H31N5O2S/c1-14-18-19(15-5-3-2-4-6-15)20(24-13-28)30-21(18)27(25-14)17-9-7-16(8-10-17)26-12-11-23-22(26)29/h13,15-17H,2-12H2,1H3,(H,23,29)(H,24,28). The first kappa shape index (κ1) is 19.8. The van der Waals surface area contributed by atoms with Gasteiger partial charge < -0.3 is 15.5 Å². The molecule has 3 amide bonds. The quantitative estimate of drug-likeness (QED) is 0.685. The number of carbonyl (C=O) groups is 2. The van der Waals surface area contributed by atoms with Gasteiger partial charge in [-0.25, -0.2) is 4.79 Å². The van der Waals surface area contributed by atoms with Crippen molar-refractivity contribution in [1.29, 1.82) is 0 Å². The summed E-state index contributed by atoms with van der Waals surface area (Å²) < 4.78 is 2.23. The van der Waals surface area contributed by atoms with E-state index in [2.05, 4.69) is 22.2 Å². The minimum Gasteiger partial charge on any atom is -0.336 e. The molecule has 0 aromatic carbocycles. The summed E-state index contributed by atoms with van der Waals surface area (Å²) in [5.74, 6) is 0.524. The Kier molecular flexibility index (Phi) is 5.43. The molecule has 30 heavy (non-hydrogen) atoms. The second kappa shape index (κ2) is 8.21. The van der Waals surface area contributed by atoms with Crippen LogP contribution < -0.4 is 10.6 Å². The molecule has 5 rings (SSSR count). The summed E-state index contributed by atoms with van der Waals surface area (Å²) in [4.78, 5) is 26.5. The van der Waals surface area contributed by atoms with Crippen LogP contribution in [0.1, 0.15) is 81.0 Å². The number of aryl methyl sites for hydroxylation is 1. The van der Waals surface area contributed by atoms with Gasteiger partial charge in [0.25, 0.3) is 0 Å². The Labute approximate surface area is 181 Å². The molecule has 8 heteroatoms. The highest BCUT2D eigenvalue weighted by Gasteiger charge is 2.34. The molecule has 3 heterocycles. The first-order chi connectivity index (χ1) is 14.7. The van der Waals surface area contributed by atoms with Crippen LogP contribution in [0.3, 0.4) is 0 Å². The minimum atomic E-state index is 0.0933. The predicted octanol–water partition coefficient (Wildman–Crippen LogP) is 4.53. The molecule has 2 N–H and O–H groups in total. The molecule has 0 atom stereocenters. The van der Waals surface area contributed by atoms with Gasteiger partial charge >= 0.3 is 6.03 Å². The van der Waals surface area contributed by atoms with E-state index in [1.54, 1.807) is 11.3 Å². The Morgan fingerprint density at radius 2 is 1.83 bits per heavy atom. The largest absolute Gasteiger partial charge is 0.336 e. The molecule has 1 saturated heterocycles. The third-order valence-corrected chi connectivity index (χ3v) is 8.43. The van der Waals surface area contributed by atoms with Crippen molar-refractivity contribution in [1.82, 2.24) is 20.0 Å². The molecule has 2 aromatic rings. The van der Waals surface area contributed by atoms with E-state index in [0.29, 0.717) is 18.0 Å². The van der Waals surface area contributed by atoms with Crippen molar-refractivity contribution in [2.75, 3.05) is 18.4 Å². The molecule has 2 aromatic heterocycles. The highest BCUT2D eigenvalue weighted by molar-refractivity contribution is 7.22. The van der Waals surface area contributed by atoms with Crippen LogP contribution in [0.4, 0.5) is 9.80 Å². The Bertz CT molecular complexity index is 937. The van der Waals surface area contributed by atoms with Crippen molar-refractivity contribution in [3.05, 3.63) is 11.3 Å². The van der Waals surface area contributed by atoms with Gasteiger partial charge in [-0.2, -0.15) is 5.10 Å². The van der Waals surface area contributed by atoms with Gasteiger partial charge in [-0.15, -0.1) is 0 Å². The van der Waals surface area contributed by atoms with Crippen molar-refractivity contribution < 1.29 is 9.59 Å². The lowest BCUT2D eigenvalue weighted by Crippen LogP contribution is -2.40. The van der Waals surface area contributed by atoms with Gasteiger partial charge in [-0.05, 0) is 51.4 Å². The molecule has 162 valence electrons. The average molecular weight is 430 g/mol. The average Bonchev–Trinajstić information content (AvgIpc) is 3.44. The number of nitrogens with zero attached hydrogens (tertiary/aromatic N) is 3. The number of rotatable bonds is 5. The number of carbonyl (C=O) groups excluding carboxylic acids is 2. The summed E-state index contributed by atoms with van der Waals surface area (Å²) in [5, 5.41) is 13.2. The Morgan fingerprint density at radius 3 is 2.50 bits per heavy atom. The van der Waals surface area contributed by atoms with Gasteiger partial charge in [0.05, 0.1) is 11.7 Å². The lowest BCUT2D eigenvalue weighted by Gasteiger charge is -2.34. The molecule has 2 aliphatic carbocycles. The van der Waals surface area contributed by atoms with E-state index >= 15 is 0 Å². The minimum absolute atomic E-state index is 0.0933. The maximum Gasteiger partial charge on any atom is 0.317 e. The molecule has 7 nitrogen and oxygen atoms in total. The van der Waals surface area contributed by atoms with Crippen LogP contribution in [0.15, 0.2) is 0 Å². The third-order valence-electron chi connectivity index (χ3n) is 7.30. The number of hydrogen-bond donors (Lipinski definition) is 2. The van der Waals surface area contributed by atoms with Crippen LogP contribution in [0.25, 0.3) is 10.2 Å². The molecular weight excluding hydrogens is 398 g/mol. The SMILES string of the molecule is Cc1nn(C2CCC(N3CCNC3=O)CC2)c2sc(NC=O)c(C3CCCCC3)c12. The van der Waals surface area contributed by atoms with Gasteiger partial charge in [-0.1, -0.05) is 30.6 Å². The van der Waals surface area contributed by atoms with Crippen molar-refractivity contribution in [2.24, 2.45) is 0 Å². The van der Waals surface area contributed by atoms with E-state index in [-0.39, 0.29) is 6.03 Å². The zero-order valence-electron chi connectivity index (χ0n) is 17.7. The van der Waals surface area contributed by atoms with Gasteiger partial charge in [-0.3, -0.25) is 9.48 Å². The molecule has 0 unspecified atom stereocenters. The van der Waals surface area contributed by atoms with Crippen LogP contribution >= 0.6 is 11.3 Å². The zero-order chi connectivity index (χ0) is 20.7. The molecule has 0 radical (unpaired) electrons. The lowest BCUT2D eigenvalue weighted by molar-refractivity contribution is -0.105. The molecule has 0 spiro atoms. The van der Waals surface area contributed by atoms with Crippen LogP contribution in [0.2, 0.25) is 0 Å². The van der Waals surface area contributed by atoms with E-state index in [0.717, 1.165) is 55.9 Å². The highest BCUT2D eigenvalue weighted by Crippen LogP contribution is 2.47. The number of anilines is 1. The molecular formula is C22H31N5O2S. The van der Waals surface area contributed by atoms with Crippen molar-refractivity contribution in [2.45, 2.75) is 82.7 Å². The summed E-state index contributed by atoms with van der Waals surface area (Å²) >= 11 is 1.69. The number of fused-ring (bicyclic) bond motifs is 1. The van der Waals surface area contributed by atoms with Crippen molar-refractivity contribution in [3.8, 4) is 0 Å². The summed E-state index contributed by atoms with van der Waals surface area (Å²) in [7, 11) is 0. The van der Waals surface area contributed by atoms with Crippen LogP contribution in [0.5, 0.6) is 0 Å². The first-order valence-electron chi connectivity index (χ1n) is 11.4. The van der Waals surface area contributed by atoms with Gasteiger partial charge in [0.2, 0.25) is 6.41 Å². The highest BCUT2D eigenvalue weighted by atomic mass is 32.1. The predicted molar refractivity (Wildman–Crippen MR) is 119 cm³/mol. The summed E-state index contributed by atoms with van der Waals surface area (Å²) in [6.45, 7) is 3.71. The molecule has 3 fully saturated rings. The van der Waals surface area contributed by atoms with Crippen LogP contribution in [-0.4, -0.2) is 46.3 Å². The second-order valence-corrected chi connectivity index (χ2v) is 10.0. The maximum absolute atomic E-state index is 12.0. The fourth-order valence-corrected chi connectivity index (χ4v) is 7.16. The molecule has 3 aliphatic rings. The number of amides is 3. The second-order valence-electron chi connectivity index (χ2n) is 9.04.